The largest absolute Gasteiger partial charge is 0.494 e. The Morgan fingerprint density at radius 1 is 1.50 bits per heavy atom. The summed E-state index contributed by atoms with van der Waals surface area (Å²) in [6.45, 7) is 2.26. The van der Waals surface area contributed by atoms with E-state index in [1.807, 2.05) is 11.0 Å². The van der Waals surface area contributed by atoms with Gasteiger partial charge in [-0.3, -0.25) is 14.9 Å². The molecule has 0 radical (unpaired) electrons. The van der Waals surface area contributed by atoms with E-state index in [9.17, 15) is 20.2 Å². The topological polar surface area (TPSA) is 118 Å². The summed E-state index contributed by atoms with van der Waals surface area (Å²) < 4.78 is 10.3. The van der Waals surface area contributed by atoms with Gasteiger partial charge in [0, 0.05) is 25.4 Å². The molecule has 1 amide bonds. The first-order chi connectivity index (χ1) is 11.5. The number of amides is 1. The monoisotopic (exact) mass is 332 g/mol. The number of nitriles is 1. The zero-order valence-corrected chi connectivity index (χ0v) is 13.0. The van der Waals surface area contributed by atoms with Crippen LogP contribution in [0.3, 0.4) is 0 Å². The summed E-state index contributed by atoms with van der Waals surface area (Å²) >= 11 is 0. The number of methoxy groups -OCH3 is 1. The molecule has 1 fully saturated rings. The van der Waals surface area contributed by atoms with Crippen molar-refractivity contribution in [2.45, 2.75) is 0 Å². The van der Waals surface area contributed by atoms with Crippen LogP contribution >= 0.6 is 0 Å². The Bertz CT molecular complexity index is 704. The highest BCUT2D eigenvalue weighted by molar-refractivity contribution is 6.07. The van der Waals surface area contributed by atoms with Gasteiger partial charge in [0.15, 0.2) is 0 Å². The highest BCUT2D eigenvalue weighted by Gasteiger charge is 2.17. The molecule has 0 bridgehead atoms. The Labute approximate surface area is 138 Å². The van der Waals surface area contributed by atoms with Crippen molar-refractivity contribution in [1.29, 1.82) is 5.26 Å². The first kappa shape index (κ1) is 17.2. The third kappa shape index (κ3) is 4.21. The molecule has 1 N–H and O–H groups in total. The fourth-order valence-corrected chi connectivity index (χ4v) is 2.11. The number of carbonyl (C=O) groups excluding carboxylic acids is 1. The minimum Gasteiger partial charge on any atom is -0.494 e. The molecule has 1 aliphatic heterocycles. The van der Waals surface area contributed by atoms with Gasteiger partial charge in [0.25, 0.3) is 11.6 Å². The van der Waals surface area contributed by atoms with Crippen LogP contribution in [0.2, 0.25) is 0 Å². The number of nitrogens with zero attached hydrogens (tertiary/aromatic N) is 3. The second kappa shape index (κ2) is 7.94. The fraction of sp³-hybridized carbons (Fsp3) is 0.333. The van der Waals surface area contributed by atoms with E-state index in [1.165, 1.54) is 31.5 Å². The molecule has 0 unspecified atom stereocenters. The molecule has 0 atom stereocenters. The van der Waals surface area contributed by atoms with E-state index in [0.29, 0.717) is 26.3 Å². The second-order valence-corrected chi connectivity index (χ2v) is 4.90. The van der Waals surface area contributed by atoms with Gasteiger partial charge in [-0.25, -0.2) is 0 Å². The molecule has 1 aromatic rings. The predicted octanol–water partition coefficient (Wildman–Crippen LogP) is 1.28. The zero-order chi connectivity index (χ0) is 17.5. The Balaban J connectivity index is 2.16. The van der Waals surface area contributed by atoms with E-state index < -0.39 is 10.8 Å². The second-order valence-electron chi connectivity index (χ2n) is 4.90. The van der Waals surface area contributed by atoms with Crippen LogP contribution in [0.15, 0.2) is 30.0 Å². The van der Waals surface area contributed by atoms with E-state index >= 15 is 0 Å². The minimum atomic E-state index is -0.615. The Hall–Kier alpha value is -3.12. The molecule has 9 nitrogen and oxygen atoms in total. The van der Waals surface area contributed by atoms with Crippen LogP contribution in [-0.2, 0) is 9.53 Å². The van der Waals surface area contributed by atoms with Crippen molar-refractivity contribution in [3.05, 3.63) is 40.1 Å². The van der Waals surface area contributed by atoms with Crippen LogP contribution in [0.25, 0.3) is 0 Å². The molecule has 1 aromatic carbocycles. The molecule has 9 heteroatoms. The number of morpholine rings is 1. The van der Waals surface area contributed by atoms with Gasteiger partial charge < -0.3 is 19.7 Å². The van der Waals surface area contributed by atoms with Crippen LogP contribution in [0, 0.1) is 21.4 Å². The number of carbonyl (C=O) groups is 1. The number of ether oxygens (including phenoxy) is 2. The number of hydrogen-bond donors (Lipinski definition) is 1. The SMILES string of the molecule is COc1cc([N+](=O)[O-])ccc1NC(=O)/C(C#N)=C\N1CCOCC1. The number of nitro groups is 1. The minimum absolute atomic E-state index is 0.0719. The first-order valence-corrected chi connectivity index (χ1v) is 7.12. The molecule has 0 aliphatic carbocycles. The molecule has 1 aliphatic rings. The zero-order valence-electron chi connectivity index (χ0n) is 13.0. The van der Waals surface area contributed by atoms with Gasteiger partial charge in [0.1, 0.15) is 17.4 Å². The molecule has 1 heterocycles. The van der Waals surface area contributed by atoms with Crippen molar-refractivity contribution >= 4 is 17.3 Å². The average Bonchev–Trinajstić information content (AvgIpc) is 2.60. The third-order valence-electron chi connectivity index (χ3n) is 3.37. The molecule has 0 aromatic heterocycles. The molecule has 1 saturated heterocycles. The van der Waals surface area contributed by atoms with Crippen molar-refractivity contribution < 1.29 is 19.2 Å². The van der Waals surface area contributed by atoms with E-state index in [4.69, 9.17) is 9.47 Å². The Morgan fingerprint density at radius 2 is 2.21 bits per heavy atom. The predicted molar refractivity (Wildman–Crippen MR) is 84.4 cm³/mol. The van der Waals surface area contributed by atoms with Gasteiger partial charge >= 0.3 is 0 Å². The van der Waals surface area contributed by atoms with Gasteiger partial charge in [0.05, 0.1) is 37.0 Å². The Kier molecular flexibility index (Phi) is 5.70. The van der Waals surface area contributed by atoms with Crippen molar-refractivity contribution in [3.63, 3.8) is 0 Å². The first-order valence-electron chi connectivity index (χ1n) is 7.12. The molecule has 2 rings (SSSR count). The molecule has 0 spiro atoms. The van der Waals surface area contributed by atoms with Crippen molar-refractivity contribution in [1.82, 2.24) is 4.90 Å². The Morgan fingerprint density at radius 3 is 2.79 bits per heavy atom. The quantitative estimate of drug-likeness (QED) is 0.373. The van der Waals surface area contributed by atoms with Gasteiger partial charge in [0.2, 0.25) is 0 Å². The maximum Gasteiger partial charge on any atom is 0.273 e. The van der Waals surface area contributed by atoms with Crippen molar-refractivity contribution in [2.75, 3.05) is 38.7 Å². The normalized spacial score (nSPS) is 14.7. The van der Waals surface area contributed by atoms with E-state index in [1.54, 1.807) is 0 Å². The van der Waals surface area contributed by atoms with Gasteiger partial charge in [-0.2, -0.15) is 5.26 Å². The fourth-order valence-electron chi connectivity index (χ4n) is 2.11. The summed E-state index contributed by atoms with van der Waals surface area (Å²) in [6.07, 6.45) is 1.48. The maximum absolute atomic E-state index is 12.3. The lowest BCUT2D eigenvalue weighted by atomic mass is 10.2. The number of benzene rings is 1. The van der Waals surface area contributed by atoms with Crippen LogP contribution in [0.1, 0.15) is 0 Å². The van der Waals surface area contributed by atoms with Gasteiger partial charge in [-0.15, -0.1) is 0 Å². The number of hydrogen-bond acceptors (Lipinski definition) is 7. The number of nitrogens with one attached hydrogen (secondary N) is 1. The average molecular weight is 332 g/mol. The van der Waals surface area contributed by atoms with Crippen LogP contribution in [0.4, 0.5) is 11.4 Å². The lowest BCUT2D eigenvalue weighted by Gasteiger charge is -2.25. The maximum atomic E-state index is 12.3. The number of non-ortho nitro benzene ring substituents is 1. The molecular weight excluding hydrogens is 316 g/mol. The van der Waals surface area contributed by atoms with Gasteiger partial charge in [-0.05, 0) is 6.07 Å². The number of rotatable bonds is 5. The van der Waals surface area contributed by atoms with E-state index in [2.05, 4.69) is 5.32 Å². The van der Waals surface area contributed by atoms with Gasteiger partial charge in [-0.1, -0.05) is 0 Å². The molecule has 24 heavy (non-hydrogen) atoms. The summed E-state index contributed by atoms with van der Waals surface area (Å²) in [5.74, 6) is -0.475. The van der Waals surface area contributed by atoms with Crippen LogP contribution < -0.4 is 10.1 Å². The molecule has 0 saturated carbocycles. The lowest BCUT2D eigenvalue weighted by Crippen LogP contribution is -2.33. The summed E-state index contributed by atoms with van der Waals surface area (Å²) in [6, 6.07) is 5.66. The third-order valence-corrected chi connectivity index (χ3v) is 3.37. The lowest BCUT2D eigenvalue weighted by molar-refractivity contribution is -0.384. The standard InChI is InChI=1S/C15H16N4O5/c1-23-14-8-12(19(21)22)2-3-13(14)17-15(20)11(9-16)10-18-4-6-24-7-5-18/h2-3,8,10H,4-7H2,1H3,(H,17,20)/b11-10-. The molecule has 126 valence electrons. The summed E-state index contributed by atoms with van der Waals surface area (Å²) in [7, 11) is 1.34. The summed E-state index contributed by atoms with van der Waals surface area (Å²) in [5, 5.41) is 22.5. The van der Waals surface area contributed by atoms with E-state index in [0.717, 1.165) is 0 Å². The molecular formula is C15H16N4O5. The van der Waals surface area contributed by atoms with Crippen LogP contribution in [0.5, 0.6) is 5.75 Å². The number of anilines is 1. The number of nitro benzene ring substituents is 1. The highest BCUT2D eigenvalue weighted by atomic mass is 16.6. The van der Waals surface area contributed by atoms with Crippen LogP contribution in [-0.4, -0.2) is 49.1 Å². The van der Waals surface area contributed by atoms with E-state index in [-0.39, 0.29) is 22.7 Å². The summed E-state index contributed by atoms with van der Waals surface area (Å²) in [5.41, 5.74) is 0.0164. The smallest absolute Gasteiger partial charge is 0.273 e. The van der Waals surface area contributed by atoms with Crippen molar-refractivity contribution in [2.24, 2.45) is 0 Å². The summed E-state index contributed by atoms with van der Waals surface area (Å²) in [4.78, 5) is 24.3. The highest BCUT2D eigenvalue weighted by Crippen LogP contribution is 2.29. The van der Waals surface area contributed by atoms with Crippen molar-refractivity contribution in [3.8, 4) is 11.8 Å².